The zero-order valence-electron chi connectivity index (χ0n) is 8.98. The van der Waals surface area contributed by atoms with Crippen molar-refractivity contribution in [2.24, 2.45) is 0 Å². The number of aromatic nitrogens is 1. The van der Waals surface area contributed by atoms with Gasteiger partial charge in [0.15, 0.2) is 5.13 Å². The lowest BCUT2D eigenvalue weighted by atomic mass is 10.1. The quantitative estimate of drug-likeness (QED) is 0.880. The summed E-state index contributed by atoms with van der Waals surface area (Å²) in [6.07, 6.45) is 2.41. The fourth-order valence-corrected chi connectivity index (χ4v) is 2.19. The van der Waals surface area contributed by atoms with E-state index in [1.807, 2.05) is 24.4 Å². The molecule has 0 aliphatic rings. The van der Waals surface area contributed by atoms with Gasteiger partial charge in [0, 0.05) is 17.6 Å². The normalized spacial score (nSPS) is 12.4. The van der Waals surface area contributed by atoms with Crippen LogP contribution in [0.1, 0.15) is 12.5 Å². The molecule has 84 valence electrons. The Kier molecular flexibility index (Phi) is 3.51. The van der Waals surface area contributed by atoms with Gasteiger partial charge in [-0.2, -0.15) is 0 Å². The Morgan fingerprint density at radius 1 is 1.44 bits per heavy atom. The molecule has 1 N–H and O–H groups in total. The van der Waals surface area contributed by atoms with Crippen molar-refractivity contribution in [2.45, 2.75) is 19.4 Å². The molecule has 1 aromatic carbocycles. The lowest BCUT2D eigenvalue weighted by Crippen LogP contribution is -2.18. The molecule has 0 bridgehead atoms. The monoisotopic (exact) mass is 236 g/mol. The molecule has 2 nitrogen and oxygen atoms in total. The zero-order chi connectivity index (χ0) is 11.4. The van der Waals surface area contributed by atoms with Crippen LogP contribution in [0.5, 0.6) is 0 Å². The predicted molar refractivity (Wildman–Crippen MR) is 65.3 cm³/mol. The Hall–Kier alpha value is -1.42. The second-order valence-electron chi connectivity index (χ2n) is 3.68. The smallest absolute Gasteiger partial charge is 0.182 e. The summed E-state index contributed by atoms with van der Waals surface area (Å²) in [5.74, 6) is -0.143. The fourth-order valence-electron chi connectivity index (χ4n) is 1.55. The van der Waals surface area contributed by atoms with Gasteiger partial charge in [-0.1, -0.05) is 18.2 Å². The van der Waals surface area contributed by atoms with E-state index in [2.05, 4.69) is 10.3 Å². The van der Waals surface area contributed by atoms with Gasteiger partial charge >= 0.3 is 0 Å². The van der Waals surface area contributed by atoms with Crippen LogP contribution in [-0.4, -0.2) is 11.0 Å². The van der Waals surface area contributed by atoms with Gasteiger partial charge in [0.2, 0.25) is 0 Å². The Balaban J connectivity index is 1.97. The predicted octanol–water partition coefficient (Wildman–Crippen LogP) is 3.33. The summed E-state index contributed by atoms with van der Waals surface area (Å²) in [6.45, 7) is 2.02. The topological polar surface area (TPSA) is 24.9 Å². The summed E-state index contributed by atoms with van der Waals surface area (Å²) in [7, 11) is 0. The number of thiazole rings is 1. The van der Waals surface area contributed by atoms with Crippen LogP contribution in [0.25, 0.3) is 0 Å². The minimum Gasteiger partial charge on any atom is -0.359 e. The molecule has 0 saturated heterocycles. The SMILES string of the molecule is CC(Cc1ccccc1F)Nc1nccs1. The average Bonchev–Trinajstić information content (AvgIpc) is 2.74. The highest BCUT2D eigenvalue weighted by Crippen LogP contribution is 2.15. The minimum absolute atomic E-state index is 0.143. The lowest BCUT2D eigenvalue weighted by Gasteiger charge is -2.13. The zero-order valence-corrected chi connectivity index (χ0v) is 9.80. The Bertz CT molecular complexity index is 442. The summed E-state index contributed by atoms with van der Waals surface area (Å²) in [6, 6.07) is 7.04. The van der Waals surface area contributed by atoms with Gasteiger partial charge in [0.05, 0.1) is 0 Å². The van der Waals surface area contributed by atoms with Gasteiger partial charge in [0.1, 0.15) is 5.82 Å². The van der Waals surface area contributed by atoms with E-state index in [1.54, 1.807) is 23.6 Å². The van der Waals surface area contributed by atoms with Gasteiger partial charge in [-0.3, -0.25) is 0 Å². The van der Waals surface area contributed by atoms with Gasteiger partial charge in [0.25, 0.3) is 0 Å². The molecule has 0 fully saturated rings. The van der Waals surface area contributed by atoms with Gasteiger partial charge in [-0.25, -0.2) is 9.37 Å². The lowest BCUT2D eigenvalue weighted by molar-refractivity contribution is 0.601. The van der Waals surface area contributed by atoms with Gasteiger partial charge in [-0.15, -0.1) is 11.3 Å². The molecule has 4 heteroatoms. The molecule has 0 amide bonds. The maximum absolute atomic E-state index is 13.4. The summed E-state index contributed by atoms with van der Waals surface area (Å²) >= 11 is 1.55. The fraction of sp³-hybridized carbons (Fsp3) is 0.250. The molecule has 2 aromatic rings. The van der Waals surface area contributed by atoms with E-state index in [-0.39, 0.29) is 11.9 Å². The Morgan fingerprint density at radius 2 is 2.25 bits per heavy atom. The van der Waals surface area contributed by atoms with Crippen LogP contribution < -0.4 is 5.32 Å². The molecule has 1 atom stereocenters. The standard InChI is InChI=1S/C12H13FN2S/c1-9(15-12-14-6-7-16-12)8-10-4-2-3-5-11(10)13/h2-7,9H,8H2,1H3,(H,14,15). The molecule has 1 unspecified atom stereocenters. The second kappa shape index (κ2) is 5.07. The van der Waals surface area contributed by atoms with Crippen LogP contribution in [0.15, 0.2) is 35.8 Å². The van der Waals surface area contributed by atoms with E-state index in [4.69, 9.17) is 0 Å². The van der Waals surface area contributed by atoms with Crippen molar-refractivity contribution < 1.29 is 4.39 Å². The van der Waals surface area contributed by atoms with Crippen molar-refractivity contribution in [3.63, 3.8) is 0 Å². The van der Waals surface area contributed by atoms with Crippen LogP contribution in [0.2, 0.25) is 0 Å². The summed E-state index contributed by atoms with van der Waals surface area (Å²) in [5, 5.41) is 6.03. The number of hydrogen-bond donors (Lipinski definition) is 1. The molecule has 0 saturated carbocycles. The number of anilines is 1. The molecule has 1 aromatic heterocycles. The van der Waals surface area contributed by atoms with E-state index < -0.39 is 0 Å². The number of nitrogens with zero attached hydrogens (tertiary/aromatic N) is 1. The van der Waals surface area contributed by atoms with Crippen LogP contribution in [-0.2, 0) is 6.42 Å². The molecule has 16 heavy (non-hydrogen) atoms. The molecule has 0 aliphatic heterocycles. The number of benzene rings is 1. The van der Waals surface area contributed by atoms with Crippen molar-refractivity contribution in [2.75, 3.05) is 5.32 Å². The summed E-state index contributed by atoms with van der Waals surface area (Å²) in [5.41, 5.74) is 0.735. The van der Waals surface area contributed by atoms with Gasteiger partial charge in [-0.05, 0) is 25.0 Å². The van der Waals surface area contributed by atoms with E-state index in [0.717, 1.165) is 10.7 Å². The van der Waals surface area contributed by atoms with Crippen LogP contribution in [0.3, 0.4) is 0 Å². The van der Waals surface area contributed by atoms with Crippen LogP contribution in [0, 0.1) is 5.82 Å². The van der Waals surface area contributed by atoms with Crippen molar-refractivity contribution in [1.29, 1.82) is 0 Å². The largest absolute Gasteiger partial charge is 0.359 e. The number of rotatable bonds is 4. The molecular weight excluding hydrogens is 223 g/mol. The first-order valence-electron chi connectivity index (χ1n) is 5.15. The van der Waals surface area contributed by atoms with Crippen molar-refractivity contribution >= 4 is 16.5 Å². The first-order valence-corrected chi connectivity index (χ1v) is 6.03. The number of halogens is 1. The molecule has 0 aliphatic carbocycles. The first-order chi connectivity index (χ1) is 7.75. The first kappa shape index (κ1) is 11.1. The highest BCUT2D eigenvalue weighted by molar-refractivity contribution is 7.13. The highest BCUT2D eigenvalue weighted by Gasteiger charge is 2.07. The maximum Gasteiger partial charge on any atom is 0.182 e. The Labute approximate surface area is 98.2 Å². The van der Waals surface area contributed by atoms with Crippen molar-refractivity contribution in [3.05, 3.63) is 47.2 Å². The van der Waals surface area contributed by atoms with Crippen LogP contribution in [0.4, 0.5) is 9.52 Å². The van der Waals surface area contributed by atoms with Crippen molar-refractivity contribution in [3.8, 4) is 0 Å². The van der Waals surface area contributed by atoms with E-state index in [1.165, 1.54) is 6.07 Å². The van der Waals surface area contributed by atoms with Crippen LogP contribution >= 0.6 is 11.3 Å². The third-order valence-corrected chi connectivity index (χ3v) is 2.99. The Morgan fingerprint density at radius 3 is 2.94 bits per heavy atom. The molecule has 0 radical (unpaired) electrons. The summed E-state index contributed by atoms with van der Waals surface area (Å²) < 4.78 is 13.4. The molecule has 1 heterocycles. The van der Waals surface area contributed by atoms with E-state index in [0.29, 0.717) is 6.42 Å². The van der Waals surface area contributed by atoms with Crippen molar-refractivity contribution in [1.82, 2.24) is 4.98 Å². The minimum atomic E-state index is -0.143. The molecular formula is C12H13FN2S. The number of hydrogen-bond acceptors (Lipinski definition) is 3. The van der Waals surface area contributed by atoms with E-state index in [9.17, 15) is 4.39 Å². The average molecular weight is 236 g/mol. The third-order valence-electron chi connectivity index (χ3n) is 2.29. The highest BCUT2D eigenvalue weighted by atomic mass is 32.1. The molecule has 0 spiro atoms. The number of nitrogens with one attached hydrogen (secondary N) is 1. The molecule has 2 rings (SSSR count). The summed E-state index contributed by atoms with van der Waals surface area (Å²) in [4.78, 5) is 4.13. The maximum atomic E-state index is 13.4. The third kappa shape index (κ3) is 2.79. The van der Waals surface area contributed by atoms with Gasteiger partial charge < -0.3 is 5.32 Å². The van der Waals surface area contributed by atoms with E-state index >= 15 is 0 Å². The second-order valence-corrected chi connectivity index (χ2v) is 4.57.